The molecule has 5 nitrogen and oxygen atoms in total. The van der Waals surface area contributed by atoms with Crippen LogP contribution in [0.4, 0.5) is 0 Å². The molecule has 0 radical (unpaired) electrons. The molecule has 0 aromatic carbocycles. The second kappa shape index (κ2) is 4.72. The summed E-state index contributed by atoms with van der Waals surface area (Å²) in [7, 11) is 0. The first kappa shape index (κ1) is 10.6. The van der Waals surface area contributed by atoms with Gasteiger partial charge in [0.25, 0.3) is 0 Å². The Kier molecular flexibility index (Phi) is 3.33. The first-order valence-corrected chi connectivity index (χ1v) is 5.34. The van der Waals surface area contributed by atoms with Gasteiger partial charge in [0, 0.05) is 13.2 Å². The highest BCUT2D eigenvalue weighted by molar-refractivity contribution is 4.97. The zero-order valence-electron chi connectivity index (χ0n) is 9.10. The van der Waals surface area contributed by atoms with Crippen molar-refractivity contribution in [3.63, 3.8) is 0 Å². The minimum atomic E-state index is -0.102. The topological polar surface area (TPSA) is 57.4 Å². The second-order valence-corrected chi connectivity index (χ2v) is 3.65. The van der Waals surface area contributed by atoms with Gasteiger partial charge in [0.1, 0.15) is 6.10 Å². The average molecular weight is 212 g/mol. The Balaban J connectivity index is 2.02. The molecule has 1 aliphatic heterocycles. The number of ether oxygens (including phenoxy) is 2. The maximum Gasteiger partial charge on any atom is 0.232 e. The third-order valence-corrected chi connectivity index (χ3v) is 2.52. The van der Waals surface area contributed by atoms with Crippen molar-refractivity contribution in [2.45, 2.75) is 32.3 Å². The third kappa shape index (κ3) is 2.35. The standard InChI is InChI=1S/C10H16N2O3/c1-3-14-7(2)9-11-10(15-12-9)8-4-5-13-6-8/h7-8H,3-6H2,1-2H3/t7-,8+/m0/s1. The van der Waals surface area contributed by atoms with Gasteiger partial charge >= 0.3 is 0 Å². The van der Waals surface area contributed by atoms with Crippen molar-refractivity contribution < 1.29 is 14.0 Å². The zero-order chi connectivity index (χ0) is 10.7. The van der Waals surface area contributed by atoms with Crippen LogP contribution in [0.15, 0.2) is 4.52 Å². The summed E-state index contributed by atoms with van der Waals surface area (Å²) in [4.78, 5) is 4.33. The molecule has 1 saturated heterocycles. The fourth-order valence-electron chi connectivity index (χ4n) is 1.63. The Bertz CT molecular complexity index is 307. The van der Waals surface area contributed by atoms with Crippen molar-refractivity contribution in [3.8, 4) is 0 Å². The van der Waals surface area contributed by atoms with Gasteiger partial charge in [-0.3, -0.25) is 0 Å². The first-order chi connectivity index (χ1) is 7.31. The molecule has 5 heteroatoms. The number of nitrogens with zero attached hydrogens (tertiary/aromatic N) is 2. The Morgan fingerprint density at radius 1 is 1.60 bits per heavy atom. The van der Waals surface area contributed by atoms with Crippen molar-refractivity contribution in [2.75, 3.05) is 19.8 Å². The molecule has 84 valence electrons. The van der Waals surface area contributed by atoms with Gasteiger partial charge in [0.2, 0.25) is 5.89 Å². The van der Waals surface area contributed by atoms with E-state index in [-0.39, 0.29) is 12.0 Å². The van der Waals surface area contributed by atoms with E-state index in [0.717, 1.165) is 13.0 Å². The minimum absolute atomic E-state index is 0.102. The van der Waals surface area contributed by atoms with Crippen molar-refractivity contribution >= 4 is 0 Å². The lowest BCUT2D eigenvalue weighted by Crippen LogP contribution is -2.03. The van der Waals surface area contributed by atoms with Crippen molar-refractivity contribution in [3.05, 3.63) is 11.7 Å². The lowest BCUT2D eigenvalue weighted by Gasteiger charge is -2.05. The van der Waals surface area contributed by atoms with Crippen LogP contribution in [0, 0.1) is 0 Å². The van der Waals surface area contributed by atoms with Gasteiger partial charge in [0.15, 0.2) is 5.82 Å². The van der Waals surface area contributed by atoms with Crippen LogP contribution >= 0.6 is 0 Å². The molecule has 1 fully saturated rings. The van der Waals surface area contributed by atoms with Gasteiger partial charge in [-0.15, -0.1) is 0 Å². The highest BCUT2D eigenvalue weighted by Crippen LogP contribution is 2.24. The molecule has 2 heterocycles. The van der Waals surface area contributed by atoms with E-state index in [1.54, 1.807) is 0 Å². The Morgan fingerprint density at radius 3 is 3.13 bits per heavy atom. The summed E-state index contributed by atoms with van der Waals surface area (Å²) < 4.78 is 15.9. The maximum atomic E-state index is 5.39. The molecule has 1 aromatic rings. The molecule has 0 aliphatic carbocycles. The molecule has 0 amide bonds. The monoisotopic (exact) mass is 212 g/mol. The van der Waals surface area contributed by atoms with Crippen LogP contribution in [0.3, 0.4) is 0 Å². The molecule has 1 aliphatic rings. The molecule has 0 bridgehead atoms. The number of hydrogen-bond donors (Lipinski definition) is 0. The molecular formula is C10H16N2O3. The van der Waals surface area contributed by atoms with Crippen LogP contribution in [0.5, 0.6) is 0 Å². The van der Waals surface area contributed by atoms with Crippen LogP contribution < -0.4 is 0 Å². The van der Waals surface area contributed by atoms with Crippen molar-refractivity contribution in [2.24, 2.45) is 0 Å². The highest BCUT2D eigenvalue weighted by atomic mass is 16.5. The van der Waals surface area contributed by atoms with Gasteiger partial charge in [-0.1, -0.05) is 5.16 Å². The molecule has 2 rings (SSSR count). The summed E-state index contributed by atoms with van der Waals surface area (Å²) in [6, 6.07) is 0. The fraction of sp³-hybridized carbons (Fsp3) is 0.800. The number of aromatic nitrogens is 2. The lowest BCUT2D eigenvalue weighted by molar-refractivity contribution is 0.0683. The van der Waals surface area contributed by atoms with E-state index in [2.05, 4.69) is 10.1 Å². The Hall–Kier alpha value is -0.940. The van der Waals surface area contributed by atoms with Gasteiger partial charge in [-0.05, 0) is 20.3 Å². The van der Waals surface area contributed by atoms with E-state index < -0.39 is 0 Å². The molecule has 0 unspecified atom stereocenters. The van der Waals surface area contributed by atoms with E-state index in [1.807, 2.05) is 13.8 Å². The summed E-state index contributed by atoms with van der Waals surface area (Å²) in [6.45, 7) is 5.98. The largest absolute Gasteiger partial charge is 0.381 e. The Labute approximate surface area is 88.8 Å². The smallest absolute Gasteiger partial charge is 0.232 e. The molecule has 0 spiro atoms. The summed E-state index contributed by atoms with van der Waals surface area (Å²) in [5, 5.41) is 3.91. The van der Waals surface area contributed by atoms with Crippen LogP contribution in [0.1, 0.15) is 44.0 Å². The van der Waals surface area contributed by atoms with Crippen LogP contribution in [-0.4, -0.2) is 30.0 Å². The average Bonchev–Trinajstić information content (AvgIpc) is 2.89. The predicted molar refractivity (Wildman–Crippen MR) is 52.5 cm³/mol. The Morgan fingerprint density at radius 2 is 2.47 bits per heavy atom. The van der Waals surface area contributed by atoms with E-state index in [0.29, 0.717) is 24.9 Å². The summed E-state index contributed by atoms with van der Waals surface area (Å²) in [5.74, 6) is 1.56. The quantitative estimate of drug-likeness (QED) is 0.759. The van der Waals surface area contributed by atoms with Crippen LogP contribution in [0.2, 0.25) is 0 Å². The van der Waals surface area contributed by atoms with Gasteiger partial charge in [-0.2, -0.15) is 4.98 Å². The molecule has 15 heavy (non-hydrogen) atoms. The normalized spacial score (nSPS) is 23.2. The molecule has 1 aromatic heterocycles. The minimum Gasteiger partial charge on any atom is -0.381 e. The molecular weight excluding hydrogens is 196 g/mol. The van der Waals surface area contributed by atoms with Crippen molar-refractivity contribution in [1.29, 1.82) is 0 Å². The van der Waals surface area contributed by atoms with Crippen LogP contribution in [-0.2, 0) is 9.47 Å². The fourth-order valence-corrected chi connectivity index (χ4v) is 1.63. The van der Waals surface area contributed by atoms with Crippen LogP contribution in [0.25, 0.3) is 0 Å². The van der Waals surface area contributed by atoms with E-state index in [4.69, 9.17) is 14.0 Å². The highest BCUT2D eigenvalue weighted by Gasteiger charge is 2.24. The molecule has 0 saturated carbocycles. The van der Waals surface area contributed by atoms with Crippen molar-refractivity contribution in [1.82, 2.24) is 10.1 Å². The molecule has 0 N–H and O–H groups in total. The number of hydrogen-bond acceptors (Lipinski definition) is 5. The zero-order valence-corrected chi connectivity index (χ0v) is 9.10. The summed E-state index contributed by atoms with van der Waals surface area (Å²) >= 11 is 0. The molecule has 2 atom stereocenters. The lowest BCUT2D eigenvalue weighted by atomic mass is 10.1. The maximum absolute atomic E-state index is 5.39. The van der Waals surface area contributed by atoms with E-state index >= 15 is 0 Å². The second-order valence-electron chi connectivity index (χ2n) is 3.65. The predicted octanol–water partition coefficient (Wildman–Crippen LogP) is 1.67. The first-order valence-electron chi connectivity index (χ1n) is 5.34. The summed E-state index contributed by atoms with van der Waals surface area (Å²) in [5.41, 5.74) is 0. The third-order valence-electron chi connectivity index (χ3n) is 2.52. The summed E-state index contributed by atoms with van der Waals surface area (Å²) in [6.07, 6.45) is 0.861. The van der Waals surface area contributed by atoms with Gasteiger partial charge in [-0.25, -0.2) is 0 Å². The van der Waals surface area contributed by atoms with Gasteiger partial charge < -0.3 is 14.0 Å². The van der Waals surface area contributed by atoms with Gasteiger partial charge in [0.05, 0.1) is 12.5 Å². The number of rotatable bonds is 4. The SMILES string of the molecule is CCO[C@@H](C)c1noc([C@@H]2CCOC2)n1. The van der Waals surface area contributed by atoms with E-state index in [9.17, 15) is 0 Å². The van der Waals surface area contributed by atoms with E-state index in [1.165, 1.54) is 0 Å².